The zero-order valence-electron chi connectivity index (χ0n) is 10.2. The quantitative estimate of drug-likeness (QED) is 0.394. The number of ether oxygens (including phenoxy) is 2. The molecule has 0 aliphatic heterocycles. The molecule has 0 rings (SSSR count). The standard InChI is InChI=1S/C12H26O2S2/c15-11-5-9-13-7-3-1-2-4-8-14-10-6-12-16/h15-16H,1-12H2. The van der Waals surface area contributed by atoms with Gasteiger partial charge in [0, 0.05) is 26.4 Å². The van der Waals surface area contributed by atoms with E-state index >= 15 is 0 Å². The molecule has 0 atom stereocenters. The molecule has 0 N–H and O–H groups in total. The molecule has 0 amide bonds. The Morgan fingerprint density at radius 1 is 0.500 bits per heavy atom. The monoisotopic (exact) mass is 266 g/mol. The van der Waals surface area contributed by atoms with Gasteiger partial charge in [-0.2, -0.15) is 25.3 Å². The molecule has 0 saturated heterocycles. The van der Waals surface area contributed by atoms with Crippen molar-refractivity contribution in [1.82, 2.24) is 0 Å². The first-order valence-corrected chi connectivity index (χ1v) is 7.55. The van der Waals surface area contributed by atoms with E-state index in [1.807, 2.05) is 0 Å². The molecule has 0 aliphatic carbocycles. The van der Waals surface area contributed by atoms with Gasteiger partial charge in [-0.05, 0) is 37.2 Å². The van der Waals surface area contributed by atoms with Crippen LogP contribution in [-0.4, -0.2) is 37.9 Å². The summed E-state index contributed by atoms with van der Waals surface area (Å²) in [5.41, 5.74) is 0. The van der Waals surface area contributed by atoms with Crippen LogP contribution in [-0.2, 0) is 9.47 Å². The normalized spacial score (nSPS) is 10.9. The fourth-order valence-corrected chi connectivity index (χ4v) is 1.56. The molecule has 2 nitrogen and oxygen atoms in total. The smallest absolute Gasteiger partial charge is 0.0473 e. The van der Waals surface area contributed by atoms with Gasteiger partial charge in [0.2, 0.25) is 0 Å². The van der Waals surface area contributed by atoms with Crippen LogP contribution in [0, 0.1) is 0 Å². The first-order chi connectivity index (χ1) is 7.91. The van der Waals surface area contributed by atoms with Gasteiger partial charge >= 0.3 is 0 Å². The zero-order chi connectivity index (χ0) is 11.9. The lowest BCUT2D eigenvalue weighted by Crippen LogP contribution is -1.99. The molecule has 0 aromatic rings. The van der Waals surface area contributed by atoms with Crippen molar-refractivity contribution >= 4 is 25.3 Å². The molecule has 0 heterocycles. The molecule has 98 valence electrons. The molecule has 0 spiro atoms. The Morgan fingerprint density at radius 2 is 0.875 bits per heavy atom. The van der Waals surface area contributed by atoms with Gasteiger partial charge in [0.15, 0.2) is 0 Å². The minimum atomic E-state index is 0.857. The van der Waals surface area contributed by atoms with E-state index in [0.717, 1.165) is 50.8 Å². The molecular weight excluding hydrogens is 240 g/mol. The van der Waals surface area contributed by atoms with Crippen LogP contribution in [0.1, 0.15) is 38.5 Å². The van der Waals surface area contributed by atoms with E-state index in [-0.39, 0.29) is 0 Å². The molecule has 16 heavy (non-hydrogen) atoms. The Kier molecular flexibility index (Phi) is 16.2. The SMILES string of the molecule is SCCCOCCCCCCOCCCS. The Bertz CT molecular complexity index is 110. The van der Waals surface area contributed by atoms with Gasteiger partial charge in [-0.3, -0.25) is 0 Å². The van der Waals surface area contributed by atoms with Crippen LogP contribution < -0.4 is 0 Å². The average Bonchev–Trinajstić information content (AvgIpc) is 2.31. The van der Waals surface area contributed by atoms with Gasteiger partial charge in [0.25, 0.3) is 0 Å². The first kappa shape index (κ1) is 16.6. The topological polar surface area (TPSA) is 18.5 Å². The molecule has 0 aliphatic rings. The van der Waals surface area contributed by atoms with E-state index in [1.54, 1.807) is 0 Å². The largest absolute Gasteiger partial charge is 0.381 e. The highest BCUT2D eigenvalue weighted by Gasteiger charge is 1.92. The minimum absolute atomic E-state index is 0.857. The highest BCUT2D eigenvalue weighted by molar-refractivity contribution is 7.80. The van der Waals surface area contributed by atoms with Gasteiger partial charge in [-0.25, -0.2) is 0 Å². The number of rotatable bonds is 13. The molecular formula is C12H26O2S2. The van der Waals surface area contributed by atoms with Crippen LogP contribution >= 0.6 is 25.3 Å². The van der Waals surface area contributed by atoms with Crippen LogP contribution in [0.4, 0.5) is 0 Å². The lowest BCUT2D eigenvalue weighted by molar-refractivity contribution is 0.122. The van der Waals surface area contributed by atoms with Crippen molar-refractivity contribution < 1.29 is 9.47 Å². The second kappa shape index (κ2) is 15.6. The van der Waals surface area contributed by atoms with Crippen molar-refractivity contribution in [2.75, 3.05) is 37.9 Å². The highest BCUT2D eigenvalue weighted by atomic mass is 32.1. The van der Waals surface area contributed by atoms with Crippen LogP contribution in [0.25, 0.3) is 0 Å². The maximum atomic E-state index is 5.45. The van der Waals surface area contributed by atoms with Crippen LogP contribution in [0.3, 0.4) is 0 Å². The number of unbranched alkanes of at least 4 members (excludes halogenated alkanes) is 3. The summed E-state index contributed by atoms with van der Waals surface area (Å²) in [5, 5.41) is 0. The minimum Gasteiger partial charge on any atom is -0.381 e. The molecule has 0 unspecified atom stereocenters. The average molecular weight is 266 g/mol. The summed E-state index contributed by atoms with van der Waals surface area (Å²) in [4.78, 5) is 0. The van der Waals surface area contributed by atoms with Gasteiger partial charge in [-0.15, -0.1) is 0 Å². The van der Waals surface area contributed by atoms with E-state index in [2.05, 4.69) is 25.3 Å². The molecule has 0 fully saturated rings. The van der Waals surface area contributed by atoms with Crippen LogP contribution in [0.15, 0.2) is 0 Å². The van der Waals surface area contributed by atoms with E-state index < -0.39 is 0 Å². The molecule has 0 bridgehead atoms. The van der Waals surface area contributed by atoms with E-state index in [9.17, 15) is 0 Å². The zero-order valence-corrected chi connectivity index (χ0v) is 12.0. The fourth-order valence-electron chi connectivity index (χ4n) is 1.30. The van der Waals surface area contributed by atoms with Gasteiger partial charge in [-0.1, -0.05) is 12.8 Å². The maximum Gasteiger partial charge on any atom is 0.0473 e. The van der Waals surface area contributed by atoms with Crippen molar-refractivity contribution in [1.29, 1.82) is 0 Å². The summed E-state index contributed by atoms with van der Waals surface area (Å²) >= 11 is 8.26. The predicted octanol–water partition coefficient (Wildman–Crippen LogP) is 3.22. The van der Waals surface area contributed by atoms with Crippen molar-refractivity contribution in [3.05, 3.63) is 0 Å². The van der Waals surface area contributed by atoms with E-state index in [0.29, 0.717) is 0 Å². The molecule has 0 saturated carbocycles. The molecule has 0 aromatic carbocycles. The summed E-state index contributed by atoms with van der Waals surface area (Å²) in [5.74, 6) is 1.84. The molecule has 0 aromatic heterocycles. The van der Waals surface area contributed by atoms with Crippen molar-refractivity contribution in [3.8, 4) is 0 Å². The number of hydrogen-bond donors (Lipinski definition) is 2. The van der Waals surface area contributed by atoms with Crippen molar-refractivity contribution in [2.24, 2.45) is 0 Å². The Labute approximate surface area is 111 Å². The Balaban J connectivity index is 2.83. The number of hydrogen-bond acceptors (Lipinski definition) is 4. The van der Waals surface area contributed by atoms with Crippen molar-refractivity contribution in [3.63, 3.8) is 0 Å². The third-order valence-electron chi connectivity index (χ3n) is 2.22. The number of thiol groups is 2. The maximum absolute atomic E-state index is 5.45. The van der Waals surface area contributed by atoms with Crippen molar-refractivity contribution in [2.45, 2.75) is 38.5 Å². The fraction of sp³-hybridized carbons (Fsp3) is 1.00. The van der Waals surface area contributed by atoms with E-state index in [4.69, 9.17) is 9.47 Å². The summed E-state index contributed by atoms with van der Waals surface area (Å²) in [6.45, 7) is 3.51. The van der Waals surface area contributed by atoms with Crippen LogP contribution in [0.2, 0.25) is 0 Å². The second-order valence-electron chi connectivity index (χ2n) is 3.79. The predicted molar refractivity (Wildman–Crippen MR) is 77.0 cm³/mol. The van der Waals surface area contributed by atoms with Gasteiger partial charge in [0.05, 0.1) is 0 Å². The summed E-state index contributed by atoms with van der Waals surface area (Å²) < 4.78 is 10.9. The first-order valence-electron chi connectivity index (χ1n) is 6.29. The molecule has 4 heteroatoms. The van der Waals surface area contributed by atoms with Gasteiger partial charge in [0.1, 0.15) is 0 Å². The summed E-state index contributed by atoms with van der Waals surface area (Å²) in [7, 11) is 0. The van der Waals surface area contributed by atoms with Gasteiger partial charge < -0.3 is 9.47 Å². The Morgan fingerprint density at radius 3 is 1.25 bits per heavy atom. The third kappa shape index (κ3) is 14.6. The Hall–Kier alpha value is 0.620. The van der Waals surface area contributed by atoms with Crippen LogP contribution in [0.5, 0.6) is 0 Å². The third-order valence-corrected chi connectivity index (χ3v) is 2.85. The lowest BCUT2D eigenvalue weighted by atomic mass is 10.2. The highest BCUT2D eigenvalue weighted by Crippen LogP contribution is 2.01. The summed E-state index contributed by atoms with van der Waals surface area (Å²) in [6.07, 6.45) is 6.95. The second-order valence-corrected chi connectivity index (χ2v) is 4.69. The summed E-state index contributed by atoms with van der Waals surface area (Å²) in [6, 6.07) is 0. The molecule has 0 radical (unpaired) electrons. The lowest BCUT2D eigenvalue weighted by Gasteiger charge is -2.04. The van der Waals surface area contributed by atoms with E-state index in [1.165, 1.54) is 25.7 Å².